The van der Waals surface area contributed by atoms with E-state index in [1.807, 2.05) is 41.7 Å². The third-order valence-corrected chi connectivity index (χ3v) is 11.6. The van der Waals surface area contributed by atoms with Gasteiger partial charge in [-0.3, -0.25) is 0 Å². The van der Waals surface area contributed by atoms with Crippen molar-refractivity contribution in [1.29, 1.82) is 0 Å². The van der Waals surface area contributed by atoms with E-state index in [0.717, 1.165) is 66.7 Å². The van der Waals surface area contributed by atoms with Crippen molar-refractivity contribution in [1.82, 2.24) is 9.97 Å². The van der Waals surface area contributed by atoms with Crippen LogP contribution in [0.2, 0.25) is 0 Å². The molecule has 258 valence electrons. The number of fused-ring (bicyclic) bond motifs is 7. The number of nitrogens with zero attached hydrogens (tertiary/aromatic N) is 3. The molecule has 11 rings (SSSR count). The average molecular weight is 722 g/mol. The van der Waals surface area contributed by atoms with Crippen molar-refractivity contribution < 1.29 is 4.42 Å². The molecule has 0 fully saturated rings. The van der Waals surface area contributed by atoms with Crippen molar-refractivity contribution in [2.24, 2.45) is 0 Å². The summed E-state index contributed by atoms with van der Waals surface area (Å²) in [5, 5.41) is 5.61. The maximum absolute atomic E-state index is 6.69. The van der Waals surface area contributed by atoms with E-state index in [1.165, 1.54) is 31.3 Å². The largest absolute Gasteiger partial charge is 0.456 e. The van der Waals surface area contributed by atoms with Gasteiger partial charge in [0, 0.05) is 70.6 Å². The number of furan rings is 1. The molecule has 0 aliphatic rings. The van der Waals surface area contributed by atoms with Crippen LogP contribution in [0.1, 0.15) is 0 Å². The van der Waals surface area contributed by atoms with Crippen LogP contribution in [0, 0.1) is 0 Å². The molecule has 4 nitrogen and oxygen atoms in total. The van der Waals surface area contributed by atoms with Crippen molar-refractivity contribution >= 4 is 81.4 Å². The second-order valence-corrected chi connectivity index (χ2v) is 14.9. The van der Waals surface area contributed by atoms with Gasteiger partial charge in [-0.2, -0.15) is 0 Å². The Balaban J connectivity index is 1.07. The summed E-state index contributed by atoms with van der Waals surface area (Å²) in [5.74, 6) is 0.673. The summed E-state index contributed by atoms with van der Waals surface area (Å²) in [7, 11) is 0. The maximum atomic E-state index is 6.69. The molecule has 55 heavy (non-hydrogen) atoms. The lowest BCUT2D eigenvalue weighted by Gasteiger charge is -2.26. The Labute approximate surface area is 321 Å². The third-order valence-electron chi connectivity index (χ3n) is 10.5. The first-order chi connectivity index (χ1) is 27.2. The number of benzene rings is 8. The van der Waals surface area contributed by atoms with E-state index < -0.39 is 0 Å². The van der Waals surface area contributed by atoms with Gasteiger partial charge in [-0.05, 0) is 65.7 Å². The first-order valence-electron chi connectivity index (χ1n) is 18.4. The molecule has 0 radical (unpaired) electrons. The van der Waals surface area contributed by atoms with Crippen molar-refractivity contribution in [2.45, 2.75) is 0 Å². The highest BCUT2D eigenvalue weighted by Gasteiger charge is 2.20. The molecule has 11 aromatic rings. The maximum Gasteiger partial charge on any atom is 0.161 e. The van der Waals surface area contributed by atoms with Gasteiger partial charge in [0.25, 0.3) is 0 Å². The second-order valence-electron chi connectivity index (χ2n) is 13.8. The standard InChI is InChI=1S/C50H31N3OS/c1-3-12-32(13-4-1)33-22-24-35(25-23-33)53(37-26-28-39-38-16-8-10-21-46(38)55-47(39)31-37)36-27-29-41-45(30-36)54-44-20-11-18-42(48(41)44)50-51-43-19-9-7-17-40(43)49(52-50)34-14-5-2-6-15-34/h1-31H. The van der Waals surface area contributed by atoms with Crippen LogP contribution in [0.4, 0.5) is 17.1 Å². The van der Waals surface area contributed by atoms with E-state index in [0.29, 0.717) is 5.82 Å². The van der Waals surface area contributed by atoms with Crippen molar-refractivity contribution in [2.75, 3.05) is 4.90 Å². The quantitative estimate of drug-likeness (QED) is 0.171. The van der Waals surface area contributed by atoms with Crippen LogP contribution in [0.25, 0.3) is 86.8 Å². The SMILES string of the molecule is c1ccc(-c2ccc(N(c3ccc4c(c3)oc3cccc(-c5nc(-c6ccccc6)c6ccccc6n5)c34)c3ccc4c(c3)sc3ccccc34)cc2)cc1. The normalized spacial score (nSPS) is 11.6. The van der Waals surface area contributed by atoms with Crippen LogP contribution < -0.4 is 4.90 Å². The smallest absolute Gasteiger partial charge is 0.161 e. The Morgan fingerprint density at radius 2 is 1.05 bits per heavy atom. The van der Waals surface area contributed by atoms with Crippen LogP contribution in [-0.4, -0.2) is 9.97 Å². The zero-order valence-corrected chi connectivity index (χ0v) is 30.4. The van der Waals surface area contributed by atoms with Crippen LogP contribution in [0.3, 0.4) is 0 Å². The van der Waals surface area contributed by atoms with Gasteiger partial charge >= 0.3 is 0 Å². The highest BCUT2D eigenvalue weighted by molar-refractivity contribution is 7.25. The number of para-hydroxylation sites is 1. The molecule has 3 aromatic heterocycles. The van der Waals surface area contributed by atoms with Crippen LogP contribution in [0.5, 0.6) is 0 Å². The summed E-state index contributed by atoms with van der Waals surface area (Å²) < 4.78 is 9.23. The first-order valence-corrected chi connectivity index (χ1v) is 19.2. The highest BCUT2D eigenvalue weighted by atomic mass is 32.1. The fraction of sp³-hybridized carbons (Fsp3) is 0. The molecule has 5 heteroatoms. The minimum absolute atomic E-state index is 0.673. The van der Waals surface area contributed by atoms with E-state index in [-0.39, 0.29) is 0 Å². The molecule has 0 unspecified atom stereocenters. The Morgan fingerprint density at radius 3 is 1.87 bits per heavy atom. The zero-order chi connectivity index (χ0) is 36.3. The monoisotopic (exact) mass is 721 g/mol. The van der Waals surface area contributed by atoms with E-state index in [2.05, 4.69) is 163 Å². The van der Waals surface area contributed by atoms with Crippen molar-refractivity contribution in [3.05, 3.63) is 188 Å². The molecule has 0 aliphatic carbocycles. The molecule has 3 heterocycles. The molecule has 0 bridgehead atoms. The number of aromatic nitrogens is 2. The minimum Gasteiger partial charge on any atom is -0.456 e. The Kier molecular flexibility index (Phi) is 7.32. The molecular formula is C50H31N3OS. The topological polar surface area (TPSA) is 42.2 Å². The molecule has 0 saturated heterocycles. The van der Waals surface area contributed by atoms with Gasteiger partial charge in [0.2, 0.25) is 0 Å². The third kappa shape index (κ3) is 5.36. The molecule has 0 amide bonds. The predicted molar refractivity (Wildman–Crippen MR) is 231 cm³/mol. The van der Waals surface area contributed by atoms with Crippen LogP contribution >= 0.6 is 11.3 Å². The summed E-state index contributed by atoms with van der Waals surface area (Å²) in [5.41, 5.74) is 10.9. The van der Waals surface area contributed by atoms with E-state index in [4.69, 9.17) is 14.4 Å². The zero-order valence-electron chi connectivity index (χ0n) is 29.6. The van der Waals surface area contributed by atoms with Crippen molar-refractivity contribution in [3.63, 3.8) is 0 Å². The number of thiophene rings is 1. The second kappa shape index (κ2) is 12.8. The molecule has 0 atom stereocenters. The molecule has 0 saturated carbocycles. The van der Waals surface area contributed by atoms with Gasteiger partial charge in [0.15, 0.2) is 5.82 Å². The van der Waals surface area contributed by atoms with E-state index >= 15 is 0 Å². The van der Waals surface area contributed by atoms with Gasteiger partial charge in [-0.25, -0.2) is 9.97 Å². The molecule has 0 spiro atoms. The average Bonchev–Trinajstić information content (AvgIpc) is 3.82. The van der Waals surface area contributed by atoms with Crippen molar-refractivity contribution in [3.8, 4) is 33.8 Å². The lowest BCUT2D eigenvalue weighted by atomic mass is 10.0. The van der Waals surface area contributed by atoms with Crippen LogP contribution in [-0.2, 0) is 0 Å². The summed E-state index contributed by atoms with van der Waals surface area (Å²) in [6, 6.07) is 66.1. The Bertz CT molecular complexity index is 3200. The summed E-state index contributed by atoms with van der Waals surface area (Å²) in [6.07, 6.45) is 0. The molecule has 0 N–H and O–H groups in total. The minimum atomic E-state index is 0.673. The fourth-order valence-corrected chi connectivity index (χ4v) is 9.03. The fourth-order valence-electron chi connectivity index (χ4n) is 7.89. The van der Waals surface area contributed by atoms with E-state index in [9.17, 15) is 0 Å². The summed E-state index contributed by atoms with van der Waals surface area (Å²) in [6.45, 7) is 0. The molecular weight excluding hydrogens is 691 g/mol. The van der Waals surface area contributed by atoms with Gasteiger partial charge in [0.1, 0.15) is 11.2 Å². The van der Waals surface area contributed by atoms with Gasteiger partial charge < -0.3 is 9.32 Å². The van der Waals surface area contributed by atoms with Crippen LogP contribution in [0.15, 0.2) is 192 Å². The molecule has 0 aliphatic heterocycles. The Hall–Kier alpha value is -7.08. The highest BCUT2D eigenvalue weighted by Crippen LogP contribution is 2.44. The van der Waals surface area contributed by atoms with Gasteiger partial charge in [0.05, 0.1) is 11.2 Å². The lowest BCUT2D eigenvalue weighted by Crippen LogP contribution is -2.09. The van der Waals surface area contributed by atoms with Gasteiger partial charge in [-0.15, -0.1) is 11.3 Å². The van der Waals surface area contributed by atoms with Gasteiger partial charge in [-0.1, -0.05) is 127 Å². The lowest BCUT2D eigenvalue weighted by molar-refractivity contribution is 0.669. The Morgan fingerprint density at radius 1 is 0.418 bits per heavy atom. The number of anilines is 3. The number of hydrogen-bond acceptors (Lipinski definition) is 5. The van der Waals surface area contributed by atoms with E-state index in [1.54, 1.807) is 0 Å². The predicted octanol–water partition coefficient (Wildman–Crippen LogP) is 14.4. The molecule has 8 aromatic carbocycles. The number of hydrogen-bond donors (Lipinski definition) is 0. The number of rotatable bonds is 6. The first kappa shape index (κ1) is 31.4. The summed E-state index contributed by atoms with van der Waals surface area (Å²) >= 11 is 1.83. The summed E-state index contributed by atoms with van der Waals surface area (Å²) in [4.78, 5) is 12.6.